The summed E-state index contributed by atoms with van der Waals surface area (Å²) in [6.45, 7) is 1.55. The summed E-state index contributed by atoms with van der Waals surface area (Å²) in [5.41, 5.74) is 2.88. The third-order valence-corrected chi connectivity index (χ3v) is 3.04. The van der Waals surface area contributed by atoms with E-state index in [1.165, 1.54) is 24.3 Å². The number of nitrogens with one attached hydrogen (secondary N) is 2. The van der Waals surface area contributed by atoms with Crippen molar-refractivity contribution in [3.05, 3.63) is 59.9 Å². The minimum atomic E-state index is -0.751. The van der Waals surface area contributed by atoms with Gasteiger partial charge in [-0.3, -0.25) is 15.0 Å². The molecule has 0 saturated carbocycles. The molecule has 2 rings (SSSR count). The van der Waals surface area contributed by atoms with E-state index in [0.29, 0.717) is 17.0 Å². The quantitative estimate of drug-likeness (QED) is 0.445. The predicted octanol–water partition coefficient (Wildman–Crippen LogP) is 1.84. The number of anilines is 1. The molecule has 0 aliphatic rings. The van der Waals surface area contributed by atoms with E-state index in [0.717, 1.165) is 0 Å². The summed E-state index contributed by atoms with van der Waals surface area (Å²) >= 11 is 0. The van der Waals surface area contributed by atoms with E-state index < -0.39 is 12.0 Å². The first kappa shape index (κ1) is 16.4. The van der Waals surface area contributed by atoms with E-state index in [4.69, 9.17) is 10.6 Å². The third-order valence-electron chi connectivity index (χ3n) is 3.04. The summed E-state index contributed by atoms with van der Waals surface area (Å²) < 4.78 is 18.2. The zero-order valence-electron chi connectivity index (χ0n) is 12.4. The first-order valence-corrected chi connectivity index (χ1v) is 6.83. The summed E-state index contributed by atoms with van der Waals surface area (Å²) in [6.07, 6.45) is -0.751. The second-order valence-corrected chi connectivity index (χ2v) is 4.75. The summed E-state index contributed by atoms with van der Waals surface area (Å²) in [5, 5.41) is 2.65. The van der Waals surface area contributed by atoms with Crippen LogP contribution in [-0.2, 0) is 4.79 Å². The van der Waals surface area contributed by atoms with Gasteiger partial charge in [0.1, 0.15) is 11.6 Å². The van der Waals surface area contributed by atoms with Gasteiger partial charge in [-0.25, -0.2) is 10.2 Å². The number of hydrogen-bond acceptors (Lipinski definition) is 4. The van der Waals surface area contributed by atoms with Crippen molar-refractivity contribution in [3.63, 3.8) is 0 Å². The van der Waals surface area contributed by atoms with E-state index in [1.54, 1.807) is 31.2 Å². The Morgan fingerprint density at radius 3 is 2.26 bits per heavy atom. The zero-order chi connectivity index (χ0) is 16.8. The number of carbonyl (C=O) groups excluding carboxylic acids is 2. The molecular weight excluding hydrogens is 301 g/mol. The minimum Gasteiger partial charge on any atom is -0.481 e. The Balaban J connectivity index is 1.99. The van der Waals surface area contributed by atoms with Crippen molar-refractivity contribution < 1.29 is 18.7 Å². The normalized spacial score (nSPS) is 11.4. The van der Waals surface area contributed by atoms with Crippen LogP contribution in [0.1, 0.15) is 17.3 Å². The molecule has 7 heteroatoms. The van der Waals surface area contributed by atoms with Crippen LogP contribution in [0, 0.1) is 5.82 Å². The highest BCUT2D eigenvalue weighted by molar-refractivity contribution is 6.04. The molecule has 0 heterocycles. The van der Waals surface area contributed by atoms with Gasteiger partial charge in [-0.05, 0) is 55.5 Å². The second-order valence-electron chi connectivity index (χ2n) is 4.75. The largest absolute Gasteiger partial charge is 0.481 e. The number of hydrazine groups is 1. The second kappa shape index (κ2) is 7.37. The van der Waals surface area contributed by atoms with E-state index in [9.17, 15) is 14.0 Å². The molecule has 23 heavy (non-hydrogen) atoms. The van der Waals surface area contributed by atoms with Gasteiger partial charge in [0.05, 0.1) is 0 Å². The van der Waals surface area contributed by atoms with E-state index in [-0.39, 0.29) is 11.7 Å². The first-order valence-electron chi connectivity index (χ1n) is 6.83. The van der Waals surface area contributed by atoms with Gasteiger partial charge in [0.2, 0.25) is 0 Å². The Morgan fingerprint density at radius 2 is 1.70 bits per heavy atom. The average Bonchev–Trinajstić information content (AvgIpc) is 2.56. The zero-order valence-corrected chi connectivity index (χ0v) is 12.4. The molecule has 6 nitrogen and oxygen atoms in total. The number of benzene rings is 2. The Morgan fingerprint density at radius 1 is 1.09 bits per heavy atom. The fourth-order valence-corrected chi connectivity index (χ4v) is 1.80. The fourth-order valence-electron chi connectivity index (χ4n) is 1.80. The molecule has 0 saturated heterocycles. The van der Waals surface area contributed by atoms with Crippen molar-refractivity contribution in [2.45, 2.75) is 13.0 Å². The molecule has 2 aromatic carbocycles. The lowest BCUT2D eigenvalue weighted by Crippen LogP contribution is -2.40. The van der Waals surface area contributed by atoms with Gasteiger partial charge in [-0.15, -0.1) is 0 Å². The average molecular weight is 317 g/mol. The van der Waals surface area contributed by atoms with Crippen LogP contribution < -0.4 is 21.3 Å². The van der Waals surface area contributed by atoms with E-state index >= 15 is 0 Å². The van der Waals surface area contributed by atoms with Crippen LogP contribution in [0.5, 0.6) is 5.75 Å². The van der Waals surface area contributed by atoms with Gasteiger partial charge in [0.25, 0.3) is 11.8 Å². The number of nitrogens with two attached hydrogens (primary N) is 1. The highest BCUT2D eigenvalue weighted by Crippen LogP contribution is 2.16. The van der Waals surface area contributed by atoms with Gasteiger partial charge in [-0.1, -0.05) is 0 Å². The number of rotatable bonds is 5. The molecule has 4 N–H and O–H groups in total. The molecule has 2 amide bonds. The van der Waals surface area contributed by atoms with Gasteiger partial charge in [-0.2, -0.15) is 0 Å². The highest BCUT2D eigenvalue weighted by atomic mass is 19.1. The molecule has 0 unspecified atom stereocenters. The van der Waals surface area contributed by atoms with Crippen LogP contribution in [-0.4, -0.2) is 17.9 Å². The minimum absolute atomic E-state index is 0.337. The lowest BCUT2D eigenvalue weighted by atomic mass is 10.2. The SMILES string of the molecule is C[C@H](Oc1ccc(C(=O)Nc2ccc(F)cc2)cc1)C(=O)NN. The van der Waals surface area contributed by atoms with Crippen molar-refractivity contribution >= 4 is 17.5 Å². The molecule has 0 fully saturated rings. The summed E-state index contributed by atoms with van der Waals surface area (Å²) in [6, 6.07) is 11.7. The van der Waals surface area contributed by atoms with E-state index in [2.05, 4.69) is 5.32 Å². The van der Waals surface area contributed by atoms with Crippen LogP contribution in [0.25, 0.3) is 0 Å². The molecule has 2 aromatic rings. The van der Waals surface area contributed by atoms with Gasteiger partial charge in [0, 0.05) is 11.3 Å². The maximum absolute atomic E-state index is 12.8. The Labute approximate surface area is 132 Å². The van der Waals surface area contributed by atoms with Crippen LogP contribution in [0.4, 0.5) is 10.1 Å². The fraction of sp³-hybridized carbons (Fsp3) is 0.125. The van der Waals surface area contributed by atoms with Crippen LogP contribution in [0.2, 0.25) is 0 Å². The van der Waals surface area contributed by atoms with Crippen LogP contribution >= 0.6 is 0 Å². The summed E-state index contributed by atoms with van der Waals surface area (Å²) in [5.74, 6) is 4.28. The number of hydrogen-bond donors (Lipinski definition) is 3. The smallest absolute Gasteiger partial charge is 0.274 e. The van der Waals surface area contributed by atoms with Crippen molar-refractivity contribution in [1.82, 2.24) is 5.43 Å². The predicted molar refractivity (Wildman–Crippen MR) is 83.2 cm³/mol. The van der Waals surface area contributed by atoms with E-state index in [1.807, 2.05) is 5.43 Å². The van der Waals surface area contributed by atoms with Crippen molar-refractivity contribution in [1.29, 1.82) is 0 Å². The molecular formula is C16H16FN3O3. The number of ether oxygens (including phenoxy) is 1. The van der Waals surface area contributed by atoms with Crippen molar-refractivity contribution in [2.24, 2.45) is 5.84 Å². The lowest BCUT2D eigenvalue weighted by Gasteiger charge is -2.13. The standard InChI is InChI=1S/C16H16FN3O3/c1-10(15(21)20-18)23-14-8-2-11(3-9-14)16(22)19-13-6-4-12(17)5-7-13/h2-10H,18H2,1H3,(H,19,22)(H,20,21)/t10-/m0/s1. The topological polar surface area (TPSA) is 93.4 Å². The molecule has 0 aromatic heterocycles. The molecule has 0 radical (unpaired) electrons. The maximum atomic E-state index is 12.8. The highest BCUT2D eigenvalue weighted by Gasteiger charge is 2.13. The Hall–Kier alpha value is -2.93. The van der Waals surface area contributed by atoms with Crippen LogP contribution in [0.15, 0.2) is 48.5 Å². The molecule has 0 spiro atoms. The molecule has 0 aliphatic heterocycles. The third kappa shape index (κ3) is 4.52. The molecule has 120 valence electrons. The molecule has 1 atom stereocenters. The maximum Gasteiger partial charge on any atom is 0.274 e. The Kier molecular flexibility index (Phi) is 5.27. The lowest BCUT2D eigenvalue weighted by molar-refractivity contribution is -0.127. The summed E-state index contributed by atoms with van der Waals surface area (Å²) in [7, 11) is 0. The number of amides is 2. The molecule has 0 bridgehead atoms. The van der Waals surface area contributed by atoms with Gasteiger partial charge in [0.15, 0.2) is 6.10 Å². The van der Waals surface area contributed by atoms with Crippen molar-refractivity contribution in [3.8, 4) is 5.75 Å². The van der Waals surface area contributed by atoms with Crippen molar-refractivity contribution in [2.75, 3.05) is 5.32 Å². The number of halogens is 1. The van der Waals surface area contributed by atoms with Gasteiger partial charge >= 0.3 is 0 Å². The molecule has 0 aliphatic carbocycles. The summed E-state index contributed by atoms with van der Waals surface area (Å²) in [4.78, 5) is 23.3. The van der Waals surface area contributed by atoms with Crippen LogP contribution in [0.3, 0.4) is 0 Å². The number of carbonyl (C=O) groups is 2. The van der Waals surface area contributed by atoms with Gasteiger partial charge < -0.3 is 10.1 Å². The monoisotopic (exact) mass is 317 g/mol. The Bertz CT molecular complexity index is 687. The first-order chi connectivity index (χ1) is 11.0.